The molecule has 0 amide bonds. The molecular weight excluding hydrogens is 215 g/mol. The third kappa shape index (κ3) is 12.1. The average molecular weight is 235 g/mol. The molecule has 0 aliphatic rings. The number of hydrogen-bond donors (Lipinski definition) is 1. The van der Waals surface area contributed by atoms with Crippen LogP contribution in [0.15, 0.2) is 0 Å². The third-order valence-electron chi connectivity index (χ3n) is 1.32. The monoisotopic (exact) mass is 235 g/mol. The fraction of sp³-hybridized carbons (Fsp3) is 1.00. The first-order valence-electron chi connectivity index (χ1n) is 4.47. The zero-order chi connectivity index (χ0) is 11.8. The zero-order valence-electron chi connectivity index (χ0n) is 9.36. The first-order chi connectivity index (χ1) is 6.27. The lowest BCUT2D eigenvalue weighted by atomic mass is 10.0. The molecule has 0 bridgehead atoms. The predicted octanol–water partition coefficient (Wildman–Crippen LogP) is 3.79. The highest BCUT2D eigenvalue weighted by atomic mass is 32.3. The molecule has 0 heterocycles. The number of halogens is 3. The second-order valence-electron chi connectivity index (χ2n) is 3.14. The summed E-state index contributed by atoms with van der Waals surface area (Å²) >= 11 is -5.12. The Labute approximate surface area is 86.5 Å². The van der Waals surface area contributed by atoms with Crippen molar-refractivity contribution < 1.29 is 16.4 Å². The maximum Gasteiger partial charge on any atom is 0.276 e. The SMILES string of the molecule is CC.COCCC(C)(C)NS(F)(F)F. The zero-order valence-corrected chi connectivity index (χ0v) is 10.2. The van der Waals surface area contributed by atoms with Crippen LogP contribution in [0.1, 0.15) is 34.1 Å². The molecule has 0 aliphatic carbocycles. The van der Waals surface area contributed by atoms with Gasteiger partial charge in [0.25, 0.3) is 11.4 Å². The highest BCUT2D eigenvalue weighted by Gasteiger charge is 2.30. The van der Waals surface area contributed by atoms with E-state index >= 15 is 0 Å². The second-order valence-corrected chi connectivity index (χ2v) is 4.15. The van der Waals surface area contributed by atoms with E-state index in [0.29, 0.717) is 13.0 Å². The average Bonchev–Trinajstić information content (AvgIpc) is 2.00. The molecule has 0 fully saturated rings. The summed E-state index contributed by atoms with van der Waals surface area (Å²) in [5.74, 6) is 0. The van der Waals surface area contributed by atoms with Crippen molar-refractivity contribution in [2.75, 3.05) is 13.7 Å². The van der Waals surface area contributed by atoms with Gasteiger partial charge in [-0.1, -0.05) is 13.8 Å². The summed E-state index contributed by atoms with van der Waals surface area (Å²) < 4.78 is 42.1. The Morgan fingerprint density at radius 3 is 1.93 bits per heavy atom. The normalized spacial score (nSPS) is 13.1. The van der Waals surface area contributed by atoms with Gasteiger partial charge in [-0.15, -0.1) is 11.7 Å². The molecule has 0 aliphatic heterocycles. The van der Waals surface area contributed by atoms with E-state index in [-0.39, 0.29) is 0 Å². The Hall–Kier alpha value is 0.0600. The van der Waals surface area contributed by atoms with Crippen molar-refractivity contribution in [1.82, 2.24) is 4.72 Å². The van der Waals surface area contributed by atoms with Crippen molar-refractivity contribution in [3.8, 4) is 0 Å². The van der Waals surface area contributed by atoms with Crippen LogP contribution in [-0.4, -0.2) is 19.3 Å². The van der Waals surface area contributed by atoms with E-state index in [1.165, 1.54) is 21.0 Å². The van der Waals surface area contributed by atoms with Crippen LogP contribution in [0.2, 0.25) is 0 Å². The maximum atomic E-state index is 11.9. The van der Waals surface area contributed by atoms with Gasteiger partial charge in [0.05, 0.1) is 0 Å². The minimum atomic E-state index is -5.12. The van der Waals surface area contributed by atoms with Gasteiger partial charge in [-0.25, -0.2) is 4.72 Å². The number of hydrogen-bond acceptors (Lipinski definition) is 2. The standard InChI is InChI=1S/C6H14F3NOS.C2H6/c1-6(2,4-5-11-3)10-12(7,8)9;1-2/h10H,4-5H2,1-3H3;1-2H3. The third-order valence-corrected chi connectivity index (χ3v) is 2.11. The van der Waals surface area contributed by atoms with E-state index in [1.807, 2.05) is 13.8 Å². The molecule has 0 saturated heterocycles. The lowest BCUT2D eigenvalue weighted by Gasteiger charge is -2.28. The fourth-order valence-electron chi connectivity index (χ4n) is 0.722. The van der Waals surface area contributed by atoms with Gasteiger partial charge in [-0.3, -0.25) is 0 Å². The molecule has 0 unspecified atom stereocenters. The summed E-state index contributed by atoms with van der Waals surface area (Å²) in [4.78, 5) is 0. The number of methoxy groups -OCH3 is 1. The number of rotatable bonds is 5. The molecule has 90 valence electrons. The first-order valence-corrected chi connectivity index (χ1v) is 5.80. The number of ether oxygens (including phenoxy) is 1. The van der Waals surface area contributed by atoms with Crippen LogP contribution in [0.3, 0.4) is 0 Å². The molecule has 0 spiro atoms. The topological polar surface area (TPSA) is 21.3 Å². The quantitative estimate of drug-likeness (QED) is 0.782. The molecular formula is C8H20F3NOS. The molecule has 0 rings (SSSR count). The van der Waals surface area contributed by atoms with Crippen LogP contribution in [-0.2, 0) is 4.74 Å². The number of nitrogens with one attached hydrogen (secondary N) is 1. The largest absolute Gasteiger partial charge is 0.385 e. The van der Waals surface area contributed by atoms with E-state index in [4.69, 9.17) is 4.74 Å². The lowest BCUT2D eigenvalue weighted by Crippen LogP contribution is -2.38. The molecule has 2 nitrogen and oxygen atoms in total. The van der Waals surface area contributed by atoms with Gasteiger partial charge in [0.2, 0.25) is 0 Å². The van der Waals surface area contributed by atoms with Gasteiger partial charge in [0, 0.05) is 19.3 Å². The molecule has 0 aromatic heterocycles. The van der Waals surface area contributed by atoms with Crippen molar-refractivity contribution in [2.45, 2.75) is 39.7 Å². The van der Waals surface area contributed by atoms with E-state index in [1.54, 1.807) is 4.72 Å². The van der Waals surface area contributed by atoms with E-state index in [2.05, 4.69) is 0 Å². The molecule has 1 N–H and O–H groups in total. The molecule has 0 aromatic carbocycles. The highest BCUT2D eigenvalue weighted by molar-refractivity contribution is 8.19. The van der Waals surface area contributed by atoms with E-state index in [9.17, 15) is 11.7 Å². The van der Waals surface area contributed by atoms with Crippen LogP contribution >= 0.6 is 11.4 Å². The second kappa shape index (κ2) is 7.36. The van der Waals surface area contributed by atoms with Gasteiger partial charge in [0.15, 0.2) is 0 Å². The van der Waals surface area contributed by atoms with E-state index < -0.39 is 16.9 Å². The van der Waals surface area contributed by atoms with Gasteiger partial charge >= 0.3 is 0 Å². The van der Waals surface area contributed by atoms with Crippen molar-refractivity contribution in [3.05, 3.63) is 0 Å². The van der Waals surface area contributed by atoms with Crippen LogP contribution in [0.5, 0.6) is 0 Å². The summed E-state index contributed by atoms with van der Waals surface area (Å²) in [5, 5.41) is 0. The van der Waals surface area contributed by atoms with Gasteiger partial charge < -0.3 is 4.74 Å². The van der Waals surface area contributed by atoms with Crippen molar-refractivity contribution in [2.24, 2.45) is 0 Å². The smallest absolute Gasteiger partial charge is 0.276 e. The fourth-order valence-corrected chi connectivity index (χ4v) is 1.45. The molecule has 0 saturated carbocycles. The lowest BCUT2D eigenvalue weighted by molar-refractivity contribution is 0.171. The summed E-state index contributed by atoms with van der Waals surface area (Å²) in [6.45, 7) is 7.34. The van der Waals surface area contributed by atoms with Crippen LogP contribution in [0.25, 0.3) is 0 Å². The Morgan fingerprint density at radius 2 is 1.64 bits per heavy atom. The maximum absolute atomic E-state index is 11.9. The van der Waals surface area contributed by atoms with Crippen LogP contribution < -0.4 is 4.72 Å². The van der Waals surface area contributed by atoms with Crippen molar-refractivity contribution >= 4 is 11.4 Å². The molecule has 0 atom stereocenters. The minimum absolute atomic E-state index is 0.329. The summed E-state index contributed by atoms with van der Waals surface area (Å²) in [6.07, 6.45) is 0.343. The molecule has 0 radical (unpaired) electrons. The van der Waals surface area contributed by atoms with Gasteiger partial charge in [0.1, 0.15) is 0 Å². The van der Waals surface area contributed by atoms with Crippen molar-refractivity contribution in [1.29, 1.82) is 0 Å². The van der Waals surface area contributed by atoms with Gasteiger partial charge in [-0.2, -0.15) is 0 Å². The molecule has 14 heavy (non-hydrogen) atoms. The summed E-state index contributed by atoms with van der Waals surface area (Å²) in [5.41, 5.74) is -0.927. The van der Waals surface area contributed by atoms with Crippen LogP contribution in [0.4, 0.5) is 11.7 Å². The van der Waals surface area contributed by atoms with Gasteiger partial charge in [-0.05, 0) is 20.3 Å². The highest BCUT2D eigenvalue weighted by Crippen LogP contribution is 2.50. The van der Waals surface area contributed by atoms with Crippen molar-refractivity contribution in [3.63, 3.8) is 0 Å². The van der Waals surface area contributed by atoms with Crippen LogP contribution in [0, 0.1) is 0 Å². The predicted molar refractivity (Wildman–Crippen MR) is 56.0 cm³/mol. The minimum Gasteiger partial charge on any atom is -0.385 e. The molecule has 0 aromatic rings. The van der Waals surface area contributed by atoms with E-state index in [0.717, 1.165) is 0 Å². The summed E-state index contributed by atoms with van der Waals surface area (Å²) in [7, 11) is 1.47. The Balaban J connectivity index is 0. The summed E-state index contributed by atoms with van der Waals surface area (Å²) in [6, 6.07) is 0. The Morgan fingerprint density at radius 1 is 1.21 bits per heavy atom. The first kappa shape index (κ1) is 16.5. The molecule has 6 heteroatoms. The Kier molecular flexibility index (Phi) is 8.67. The Bertz CT molecular complexity index is 139.